The first kappa shape index (κ1) is 27.5. The Morgan fingerprint density at radius 2 is 1.89 bits per heavy atom. The molecule has 0 saturated heterocycles. The van der Waals surface area contributed by atoms with Crippen LogP contribution in [0.5, 0.6) is 17.2 Å². The van der Waals surface area contributed by atoms with Gasteiger partial charge in [0.15, 0.2) is 11.5 Å². The number of hydrogen-bond acceptors (Lipinski definition) is 7. The molecule has 1 amide bonds. The first-order valence-electron chi connectivity index (χ1n) is 11.2. The number of carbonyl (C=O) groups excluding carboxylic acids is 1. The maximum Gasteiger partial charge on any atom is 0.269 e. The van der Waals surface area contributed by atoms with Crippen LogP contribution in [0.3, 0.4) is 0 Å². The van der Waals surface area contributed by atoms with Gasteiger partial charge in [0.1, 0.15) is 24.0 Å². The molecule has 9 nitrogen and oxygen atoms in total. The second-order valence-corrected chi connectivity index (χ2v) is 8.84. The Morgan fingerprint density at radius 1 is 1.14 bits per heavy atom. The fraction of sp³-hybridized carbons (Fsp3) is 0.185. The molecule has 0 heterocycles. The number of nitro benzene ring substituents is 1. The number of non-ortho nitro benzene ring substituents is 1. The van der Waals surface area contributed by atoms with E-state index >= 15 is 0 Å². The third-order valence-corrected chi connectivity index (χ3v) is 5.93. The molecule has 0 radical (unpaired) electrons. The molecule has 10 heteroatoms. The van der Waals surface area contributed by atoms with Gasteiger partial charge in [-0.3, -0.25) is 14.9 Å². The van der Waals surface area contributed by atoms with Gasteiger partial charge in [-0.05, 0) is 76.5 Å². The fourth-order valence-electron chi connectivity index (χ4n) is 3.33. The minimum atomic E-state index is -0.503. The Balaban J connectivity index is 1.77. The molecule has 0 aliphatic heterocycles. The van der Waals surface area contributed by atoms with E-state index in [2.05, 4.69) is 27.9 Å². The number of methoxy groups -OCH3 is 1. The molecule has 0 saturated carbocycles. The fourth-order valence-corrected chi connectivity index (χ4v) is 4.11. The highest BCUT2D eigenvalue weighted by Gasteiger charge is 2.15. The van der Waals surface area contributed by atoms with Crippen molar-refractivity contribution >= 4 is 40.3 Å². The van der Waals surface area contributed by atoms with E-state index in [9.17, 15) is 20.2 Å². The summed E-state index contributed by atoms with van der Waals surface area (Å²) in [5, 5.41) is 23.4. The molecule has 0 bridgehead atoms. The van der Waals surface area contributed by atoms with Crippen LogP contribution in [0.2, 0.25) is 0 Å². The van der Waals surface area contributed by atoms with Crippen LogP contribution >= 0.6 is 22.6 Å². The number of nitrogens with one attached hydrogen (secondary N) is 1. The highest BCUT2D eigenvalue weighted by atomic mass is 127. The summed E-state index contributed by atoms with van der Waals surface area (Å²) >= 11 is 2.08. The van der Waals surface area contributed by atoms with Crippen LogP contribution < -0.4 is 19.5 Å². The molecule has 0 aliphatic carbocycles. The Morgan fingerprint density at radius 3 is 2.54 bits per heavy atom. The molecule has 3 aromatic carbocycles. The van der Waals surface area contributed by atoms with Crippen molar-refractivity contribution in [2.45, 2.75) is 20.1 Å². The molecule has 0 atom stereocenters. The van der Waals surface area contributed by atoms with Crippen molar-refractivity contribution < 1.29 is 23.9 Å². The Labute approximate surface area is 227 Å². The molecule has 0 aromatic heterocycles. The van der Waals surface area contributed by atoms with Crippen LogP contribution in [0.25, 0.3) is 6.08 Å². The number of benzene rings is 3. The lowest BCUT2D eigenvalue weighted by atomic mass is 10.1. The average molecular weight is 613 g/mol. The lowest BCUT2D eigenvalue weighted by Gasteiger charge is -2.15. The highest BCUT2D eigenvalue weighted by Crippen LogP contribution is 2.35. The van der Waals surface area contributed by atoms with Gasteiger partial charge in [0.25, 0.3) is 11.6 Å². The van der Waals surface area contributed by atoms with Crippen LogP contribution in [0.15, 0.2) is 66.2 Å². The maximum atomic E-state index is 12.6. The van der Waals surface area contributed by atoms with E-state index in [0.717, 1.165) is 5.56 Å². The first-order valence-corrected chi connectivity index (χ1v) is 12.3. The third-order valence-electron chi connectivity index (χ3n) is 5.12. The molecule has 37 heavy (non-hydrogen) atoms. The smallest absolute Gasteiger partial charge is 0.269 e. The largest absolute Gasteiger partial charge is 0.497 e. The summed E-state index contributed by atoms with van der Waals surface area (Å²) in [4.78, 5) is 23.2. The van der Waals surface area contributed by atoms with E-state index in [1.54, 1.807) is 43.5 Å². The number of rotatable bonds is 11. The molecule has 3 rings (SSSR count). The quantitative estimate of drug-likeness (QED) is 0.101. The minimum absolute atomic E-state index is 0.0180. The van der Waals surface area contributed by atoms with Crippen LogP contribution in [0, 0.1) is 25.0 Å². The number of carbonyl (C=O) groups is 1. The van der Waals surface area contributed by atoms with Crippen LogP contribution in [-0.4, -0.2) is 24.5 Å². The lowest BCUT2D eigenvalue weighted by Crippen LogP contribution is -2.23. The second kappa shape index (κ2) is 13.3. The molecule has 0 aliphatic rings. The van der Waals surface area contributed by atoms with Gasteiger partial charge in [-0.15, -0.1) is 0 Å². The van der Waals surface area contributed by atoms with Crippen molar-refractivity contribution in [3.8, 4) is 23.3 Å². The molecule has 190 valence electrons. The molecule has 0 fully saturated rings. The van der Waals surface area contributed by atoms with E-state index < -0.39 is 10.8 Å². The van der Waals surface area contributed by atoms with Gasteiger partial charge in [0, 0.05) is 18.7 Å². The maximum absolute atomic E-state index is 12.6. The summed E-state index contributed by atoms with van der Waals surface area (Å²) in [6.45, 7) is 2.55. The summed E-state index contributed by atoms with van der Waals surface area (Å²) in [5.74, 6) is 1.11. The normalized spacial score (nSPS) is 10.8. The standard InChI is InChI=1S/C27H24IN3O6/c1-3-36-25-14-20(11-21(15-29)27(32)30-16-18-7-9-23(35-2)10-8-18)13-24(28)26(25)37-17-19-5-4-6-22(12-19)31(33)34/h4-14H,3,16-17H2,1-2H3,(H,30,32)/b21-11-. The van der Waals surface area contributed by atoms with E-state index in [4.69, 9.17) is 14.2 Å². The van der Waals surface area contributed by atoms with E-state index in [1.165, 1.54) is 18.2 Å². The monoisotopic (exact) mass is 613 g/mol. The molecular formula is C27H24IN3O6. The Kier molecular flexibility index (Phi) is 9.85. The van der Waals surface area contributed by atoms with E-state index in [0.29, 0.717) is 38.6 Å². The summed E-state index contributed by atoms with van der Waals surface area (Å²) in [6.07, 6.45) is 1.48. The Bertz CT molecular complexity index is 1350. The van der Waals surface area contributed by atoms with Gasteiger partial charge >= 0.3 is 0 Å². The van der Waals surface area contributed by atoms with E-state index in [1.807, 2.05) is 25.1 Å². The summed E-state index contributed by atoms with van der Waals surface area (Å²) < 4.78 is 17.5. The SMILES string of the molecule is CCOc1cc(/C=C(/C#N)C(=O)NCc2ccc(OC)cc2)cc(I)c1OCc1cccc([N+](=O)[O-])c1. The Hall–Kier alpha value is -4.11. The van der Waals surface area contributed by atoms with Gasteiger partial charge in [-0.1, -0.05) is 24.3 Å². The number of nitriles is 1. The number of nitro groups is 1. The number of halogens is 1. The van der Waals surface area contributed by atoms with Crippen LogP contribution in [0.4, 0.5) is 5.69 Å². The van der Waals surface area contributed by atoms with Crippen molar-refractivity contribution in [2.75, 3.05) is 13.7 Å². The van der Waals surface area contributed by atoms with Crippen molar-refractivity contribution in [3.63, 3.8) is 0 Å². The van der Waals surface area contributed by atoms with Crippen molar-refractivity contribution in [2.24, 2.45) is 0 Å². The summed E-state index contributed by atoms with van der Waals surface area (Å²) in [5.41, 5.74) is 2.01. The number of amides is 1. The van der Waals surface area contributed by atoms with Crippen LogP contribution in [-0.2, 0) is 17.9 Å². The second-order valence-electron chi connectivity index (χ2n) is 7.68. The zero-order valence-electron chi connectivity index (χ0n) is 20.2. The first-order chi connectivity index (χ1) is 17.8. The predicted octanol–water partition coefficient (Wildman–Crippen LogP) is 5.41. The highest BCUT2D eigenvalue weighted by molar-refractivity contribution is 14.1. The van der Waals surface area contributed by atoms with Gasteiger partial charge in [0.2, 0.25) is 0 Å². The minimum Gasteiger partial charge on any atom is -0.497 e. The predicted molar refractivity (Wildman–Crippen MR) is 146 cm³/mol. The molecular weight excluding hydrogens is 589 g/mol. The number of nitrogens with zero attached hydrogens (tertiary/aromatic N) is 2. The molecule has 3 aromatic rings. The molecule has 0 unspecified atom stereocenters. The van der Waals surface area contributed by atoms with Crippen molar-refractivity contribution in [1.82, 2.24) is 5.32 Å². The third kappa shape index (κ3) is 7.68. The summed E-state index contributed by atoms with van der Waals surface area (Å²) in [7, 11) is 1.58. The topological polar surface area (TPSA) is 124 Å². The van der Waals surface area contributed by atoms with Gasteiger partial charge in [-0.25, -0.2) is 0 Å². The van der Waals surface area contributed by atoms with Gasteiger partial charge < -0.3 is 19.5 Å². The lowest BCUT2D eigenvalue weighted by molar-refractivity contribution is -0.384. The van der Waals surface area contributed by atoms with Gasteiger partial charge in [0.05, 0.1) is 22.2 Å². The van der Waals surface area contributed by atoms with Gasteiger partial charge in [-0.2, -0.15) is 5.26 Å². The van der Waals surface area contributed by atoms with E-state index in [-0.39, 0.29) is 24.4 Å². The van der Waals surface area contributed by atoms with Crippen LogP contribution in [0.1, 0.15) is 23.6 Å². The zero-order chi connectivity index (χ0) is 26.8. The molecule has 1 N–H and O–H groups in total. The average Bonchev–Trinajstić information content (AvgIpc) is 2.90. The number of ether oxygens (including phenoxy) is 3. The van der Waals surface area contributed by atoms with Crippen molar-refractivity contribution in [3.05, 3.63) is 96.6 Å². The molecule has 0 spiro atoms. The zero-order valence-corrected chi connectivity index (χ0v) is 22.4. The van der Waals surface area contributed by atoms with Crippen molar-refractivity contribution in [1.29, 1.82) is 5.26 Å². The summed E-state index contributed by atoms with van der Waals surface area (Å²) in [6, 6.07) is 18.9. The number of hydrogen-bond donors (Lipinski definition) is 1.